The van der Waals surface area contributed by atoms with E-state index in [2.05, 4.69) is 5.32 Å². The van der Waals surface area contributed by atoms with Gasteiger partial charge < -0.3 is 10.4 Å². The van der Waals surface area contributed by atoms with Crippen molar-refractivity contribution in [1.82, 2.24) is 5.32 Å². The molecule has 0 aliphatic carbocycles. The van der Waals surface area contributed by atoms with Crippen molar-refractivity contribution in [1.29, 1.82) is 0 Å². The van der Waals surface area contributed by atoms with E-state index in [1.807, 2.05) is 30.3 Å². The Hall–Kier alpha value is -2.59. The maximum absolute atomic E-state index is 13.3. The maximum atomic E-state index is 13.3. The molecule has 0 spiro atoms. The second-order valence-corrected chi connectivity index (χ2v) is 5.16. The highest BCUT2D eigenvalue weighted by Crippen LogP contribution is 2.28. The van der Waals surface area contributed by atoms with Crippen LogP contribution in [0.25, 0.3) is 6.08 Å². The van der Waals surface area contributed by atoms with Crippen LogP contribution in [0.5, 0.6) is 5.75 Å². The van der Waals surface area contributed by atoms with Crippen LogP contribution in [0.4, 0.5) is 4.39 Å². The molecule has 3 nitrogen and oxygen atoms in total. The van der Waals surface area contributed by atoms with Crippen molar-refractivity contribution >= 4 is 23.6 Å². The van der Waals surface area contributed by atoms with Crippen LogP contribution < -0.4 is 5.32 Å². The van der Waals surface area contributed by atoms with Crippen LogP contribution in [0, 0.1) is 5.82 Å². The summed E-state index contributed by atoms with van der Waals surface area (Å²) in [6.45, 7) is 0.451. The number of carbonyl (C=O) groups is 1. The molecule has 23 heavy (non-hydrogen) atoms. The first-order valence-corrected chi connectivity index (χ1v) is 7.28. The zero-order valence-corrected chi connectivity index (χ0v) is 12.9. The number of phenolic OH excluding ortho intramolecular Hbond substituents is 1. The fraction of sp³-hybridized carbons (Fsp3) is 0.0556. The van der Waals surface area contributed by atoms with Gasteiger partial charge in [0, 0.05) is 12.6 Å². The minimum Gasteiger partial charge on any atom is -0.504 e. The van der Waals surface area contributed by atoms with Crippen molar-refractivity contribution in [3.63, 3.8) is 0 Å². The summed E-state index contributed by atoms with van der Waals surface area (Å²) in [6.07, 6.45) is 6.08. The molecule has 1 amide bonds. The van der Waals surface area contributed by atoms with Crippen molar-refractivity contribution in [2.45, 2.75) is 6.54 Å². The Kier molecular flexibility index (Phi) is 5.94. The van der Waals surface area contributed by atoms with Crippen molar-refractivity contribution in [3.8, 4) is 5.75 Å². The predicted octanol–water partition coefficient (Wildman–Crippen LogP) is 4.07. The molecule has 5 heteroatoms. The Morgan fingerprint density at radius 1 is 1.22 bits per heavy atom. The fourth-order valence-electron chi connectivity index (χ4n) is 1.83. The monoisotopic (exact) mass is 331 g/mol. The number of hydrogen-bond acceptors (Lipinski definition) is 2. The zero-order valence-electron chi connectivity index (χ0n) is 12.2. The molecule has 0 saturated heterocycles. The summed E-state index contributed by atoms with van der Waals surface area (Å²) in [4.78, 5) is 11.6. The lowest BCUT2D eigenvalue weighted by Crippen LogP contribution is -2.20. The van der Waals surface area contributed by atoms with Gasteiger partial charge in [-0.2, -0.15) is 0 Å². The van der Waals surface area contributed by atoms with Crippen LogP contribution in [0.3, 0.4) is 0 Å². The number of carbonyl (C=O) groups excluding carboxylic acids is 1. The number of rotatable bonds is 5. The molecule has 0 aliphatic rings. The lowest BCUT2D eigenvalue weighted by atomic mass is 10.2. The molecule has 0 fully saturated rings. The van der Waals surface area contributed by atoms with E-state index in [0.29, 0.717) is 12.1 Å². The predicted molar refractivity (Wildman–Crippen MR) is 89.5 cm³/mol. The molecule has 0 bridgehead atoms. The summed E-state index contributed by atoms with van der Waals surface area (Å²) >= 11 is 5.68. The van der Waals surface area contributed by atoms with Gasteiger partial charge in [-0.05, 0) is 23.3 Å². The smallest absolute Gasteiger partial charge is 0.244 e. The minimum absolute atomic E-state index is 0.0609. The normalized spacial score (nSPS) is 11.2. The van der Waals surface area contributed by atoms with Crippen LogP contribution in [-0.4, -0.2) is 11.0 Å². The van der Waals surface area contributed by atoms with E-state index in [1.54, 1.807) is 18.2 Å². The Balaban J connectivity index is 1.87. The third-order valence-electron chi connectivity index (χ3n) is 3.00. The number of allylic oxidation sites excluding steroid dienone is 2. The second-order valence-electron chi connectivity index (χ2n) is 4.75. The van der Waals surface area contributed by atoms with Gasteiger partial charge in [0.15, 0.2) is 11.6 Å². The van der Waals surface area contributed by atoms with Gasteiger partial charge >= 0.3 is 0 Å². The standard InChI is InChI=1S/C18H15ClFNO2/c19-15-10-14(11-16(20)18(15)23)8-4-5-9-17(22)21-12-13-6-2-1-3-7-13/h1-11,23H,12H2,(H,21,22)/b8-4+,9-5+. The quantitative estimate of drug-likeness (QED) is 0.641. The lowest BCUT2D eigenvalue weighted by Gasteiger charge is -2.01. The lowest BCUT2D eigenvalue weighted by molar-refractivity contribution is -0.116. The van der Waals surface area contributed by atoms with Crippen LogP contribution in [-0.2, 0) is 11.3 Å². The number of nitrogens with one attached hydrogen (secondary N) is 1. The number of benzene rings is 2. The summed E-state index contributed by atoms with van der Waals surface area (Å²) in [5.41, 5.74) is 1.50. The van der Waals surface area contributed by atoms with Crippen LogP contribution in [0.15, 0.2) is 60.7 Å². The van der Waals surface area contributed by atoms with E-state index in [9.17, 15) is 14.3 Å². The van der Waals surface area contributed by atoms with E-state index in [1.165, 1.54) is 12.1 Å². The highest BCUT2D eigenvalue weighted by Gasteiger charge is 2.05. The van der Waals surface area contributed by atoms with Gasteiger partial charge in [0.05, 0.1) is 5.02 Å². The van der Waals surface area contributed by atoms with Crippen LogP contribution in [0.2, 0.25) is 5.02 Å². The summed E-state index contributed by atoms with van der Waals surface area (Å²) in [7, 11) is 0. The summed E-state index contributed by atoms with van der Waals surface area (Å²) in [6, 6.07) is 12.2. The average Bonchev–Trinajstić information content (AvgIpc) is 2.55. The zero-order chi connectivity index (χ0) is 16.7. The number of halogens is 2. The fourth-order valence-corrected chi connectivity index (χ4v) is 2.05. The highest BCUT2D eigenvalue weighted by molar-refractivity contribution is 6.32. The van der Waals surface area contributed by atoms with Gasteiger partial charge in [0.2, 0.25) is 5.91 Å². The van der Waals surface area contributed by atoms with Crippen molar-refractivity contribution < 1.29 is 14.3 Å². The molecule has 0 saturated carbocycles. The molecule has 118 valence electrons. The van der Waals surface area contributed by atoms with E-state index in [-0.39, 0.29) is 10.9 Å². The third kappa shape index (κ3) is 5.27. The van der Waals surface area contributed by atoms with Gasteiger partial charge in [0.1, 0.15) is 0 Å². The van der Waals surface area contributed by atoms with Gasteiger partial charge in [-0.15, -0.1) is 0 Å². The molecular weight excluding hydrogens is 317 g/mol. The number of phenols is 1. The minimum atomic E-state index is -0.790. The molecule has 2 aromatic carbocycles. The maximum Gasteiger partial charge on any atom is 0.244 e. The number of amides is 1. The molecule has 0 heterocycles. The molecular formula is C18H15ClFNO2. The van der Waals surface area contributed by atoms with E-state index >= 15 is 0 Å². The molecule has 0 aliphatic heterocycles. The van der Waals surface area contributed by atoms with E-state index in [4.69, 9.17) is 11.6 Å². The second kappa shape index (κ2) is 8.15. The summed E-state index contributed by atoms with van der Waals surface area (Å²) < 4.78 is 13.3. The van der Waals surface area contributed by atoms with Gasteiger partial charge in [0.25, 0.3) is 0 Å². The van der Waals surface area contributed by atoms with Crippen molar-refractivity contribution in [2.24, 2.45) is 0 Å². The largest absolute Gasteiger partial charge is 0.504 e. The Morgan fingerprint density at radius 2 is 1.96 bits per heavy atom. The molecule has 2 N–H and O–H groups in total. The highest BCUT2D eigenvalue weighted by atomic mass is 35.5. The van der Waals surface area contributed by atoms with Crippen molar-refractivity contribution in [3.05, 3.63) is 82.7 Å². The van der Waals surface area contributed by atoms with E-state index in [0.717, 1.165) is 11.6 Å². The molecule has 0 unspecified atom stereocenters. The van der Waals surface area contributed by atoms with Gasteiger partial charge in [-0.3, -0.25) is 4.79 Å². The Bertz CT molecular complexity index is 719. The van der Waals surface area contributed by atoms with E-state index < -0.39 is 11.6 Å². The van der Waals surface area contributed by atoms with Crippen molar-refractivity contribution in [2.75, 3.05) is 0 Å². The Morgan fingerprint density at radius 3 is 2.65 bits per heavy atom. The molecule has 0 atom stereocenters. The summed E-state index contributed by atoms with van der Waals surface area (Å²) in [5, 5.41) is 11.9. The molecule has 0 radical (unpaired) electrons. The molecule has 2 rings (SSSR count). The third-order valence-corrected chi connectivity index (χ3v) is 3.28. The first-order valence-electron chi connectivity index (χ1n) is 6.91. The van der Waals surface area contributed by atoms with Crippen LogP contribution in [0.1, 0.15) is 11.1 Å². The molecule has 0 aromatic heterocycles. The first kappa shape index (κ1) is 16.8. The summed E-state index contributed by atoms with van der Waals surface area (Å²) in [5.74, 6) is -1.59. The topological polar surface area (TPSA) is 49.3 Å². The van der Waals surface area contributed by atoms with Crippen LogP contribution >= 0.6 is 11.6 Å². The van der Waals surface area contributed by atoms with Gasteiger partial charge in [-0.25, -0.2) is 4.39 Å². The van der Waals surface area contributed by atoms with Gasteiger partial charge in [-0.1, -0.05) is 60.2 Å². The first-order chi connectivity index (χ1) is 11.1. The molecule has 2 aromatic rings. The Labute approximate surface area is 138 Å². The number of hydrogen-bond donors (Lipinski definition) is 2. The number of aromatic hydroxyl groups is 1. The SMILES string of the molecule is O=C(/C=C/C=C/c1cc(F)c(O)c(Cl)c1)NCc1ccccc1. The average molecular weight is 332 g/mol.